The highest BCUT2D eigenvalue weighted by atomic mass is 79.9. The quantitative estimate of drug-likeness (QED) is 0.357. The second kappa shape index (κ2) is 8.25. The third kappa shape index (κ3) is 3.49. The van der Waals surface area contributed by atoms with Crippen LogP contribution in [0.15, 0.2) is 9.76 Å². The van der Waals surface area contributed by atoms with Gasteiger partial charge in [-0.3, -0.25) is 4.90 Å². The number of fused-ring (bicyclic) bond motifs is 3. The third-order valence-electron chi connectivity index (χ3n) is 5.63. The van der Waals surface area contributed by atoms with Gasteiger partial charge >= 0.3 is 6.09 Å². The van der Waals surface area contributed by atoms with E-state index in [0.717, 1.165) is 0 Å². The van der Waals surface area contributed by atoms with E-state index in [1.807, 2.05) is 11.8 Å². The molecule has 12 heteroatoms. The molecule has 2 aromatic heterocycles. The maximum atomic E-state index is 14.9. The van der Waals surface area contributed by atoms with Gasteiger partial charge < -0.3 is 15.1 Å². The second-order valence-electron chi connectivity index (χ2n) is 7.37. The maximum Gasteiger partial charge on any atom is 0.407 e. The van der Waals surface area contributed by atoms with E-state index >= 15 is 0 Å². The molecule has 0 aliphatic carbocycles. The fourth-order valence-corrected chi connectivity index (χ4v) is 5.94. The number of pyridine rings is 1. The summed E-state index contributed by atoms with van der Waals surface area (Å²) in [6, 6.07) is -1.17. The molecule has 2 saturated heterocycles. The SMILES string of the molecule is CCSc1nc(N2C[C@H]3CC[C@@H]([C@H]2[C@H](C)O)N3C(=O)O)c2c(Br)nc(Cl)c(F)c2n1. The summed E-state index contributed by atoms with van der Waals surface area (Å²) in [5.74, 6) is 0.362. The number of amides is 1. The Bertz CT molecular complexity index is 1020. The standard InChI is InChI=1S/C18H20BrClFN5O3S/c1-3-30-17-22-12-10(14(19)23-15(20)11(12)21)16(24-17)25-6-8-4-5-9(13(25)7(2)27)26(8)18(28)29/h7-9,13,27H,3-6H2,1-2H3,(H,28,29)/t7-,8+,9-,13+/m0/s1. The van der Waals surface area contributed by atoms with Gasteiger partial charge in [0.25, 0.3) is 0 Å². The van der Waals surface area contributed by atoms with E-state index in [0.29, 0.717) is 46.1 Å². The van der Waals surface area contributed by atoms with Gasteiger partial charge in [0.05, 0.1) is 29.6 Å². The molecule has 4 atom stereocenters. The number of halogens is 3. The van der Waals surface area contributed by atoms with Crippen molar-refractivity contribution in [3.8, 4) is 0 Å². The van der Waals surface area contributed by atoms with Crippen molar-refractivity contribution < 1.29 is 19.4 Å². The van der Waals surface area contributed by atoms with Gasteiger partial charge in [-0.2, -0.15) is 0 Å². The molecule has 4 rings (SSSR count). The Morgan fingerprint density at radius 2 is 2.13 bits per heavy atom. The number of hydrogen-bond donors (Lipinski definition) is 2. The molecular weight excluding hydrogens is 501 g/mol. The highest BCUT2D eigenvalue weighted by Gasteiger charge is 2.51. The number of aliphatic hydroxyl groups excluding tert-OH is 1. The molecule has 0 spiro atoms. The molecule has 0 radical (unpaired) electrons. The predicted molar refractivity (Wildman–Crippen MR) is 116 cm³/mol. The van der Waals surface area contributed by atoms with Gasteiger partial charge in [0, 0.05) is 6.54 Å². The molecule has 2 aliphatic heterocycles. The maximum absolute atomic E-state index is 14.9. The van der Waals surface area contributed by atoms with Gasteiger partial charge in [-0.05, 0) is 41.4 Å². The molecule has 0 aromatic carbocycles. The van der Waals surface area contributed by atoms with Gasteiger partial charge in [-0.15, -0.1) is 0 Å². The smallest absolute Gasteiger partial charge is 0.407 e. The number of rotatable bonds is 4. The Balaban J connectivity index is 1.93. The van der Waals surface area contributed by atoms with Crippen LogP contribution in [-0.2, 0) is 0 Å². The average Bonchev–Trinajstić information content (AvgIpc) is 2.99. The minimum absolute atomic E-state index is 0.0418. The molecule has 0 unspecified atom stereocenters. The van der Waals surface area contributed by atoms with Crippen LogP contribution in [0, 0.1) is 5.82 Å². The molecule has 2 bridgehead atoms. The lowest BCUT2D eigenvalue weighted by atomic mass is 9.98. The van der Waals surface area contributed by atoms with E-state index in [1.165, 1.54) is 16.7 Å². The molecule has 2 fully saturated rings. The highest BCUT2D eigenvalue weighted by molar-refractivity contribution is 9.10. The van der Waals surface area contributed by atoms with Crippen molar-refractivity contribution in [1.29, 1.82) is 0 Å². The number of aliphatic hydroxyl groups is 1. The first-order chi connectivity index (χ1) is 14.2. The van der Waals surface area contributed by atoms with E-state index in [1.54, 1.807) is 6.92 Å². The molecule has 2 N–H and O–H groups in total. The van der Waals surface area contributed by atoms with E-state index in [-0.39, 0.29) is 16.7 Å². The van der Waals surface area contributed by atoms with Crippen molar-refractivity contribution in [2.24, 2.45) is 0 Å². The van der Waals surface area contributed by atoms with Crippen molar-refractivity contribution in [3.63, 3.8) is 0 Å². The predicted octanol–water partition coefficient (Wildman–Crippen LogP) is 3.77. The monoisotopic (exact) mass is 519 g/mol. The number of piperazine rings is 1. The largest absolute Gasteiger partial charge is 0.465 e. The zero-order valence-electron chi connectivity index (χ0n) is 16.2. The topological polar surface area (TPSA) is 103 Å². The number of thioether (sulfide) groups is 1. The number of aromatic nitrogens is 3. The minimum Gasteiger partial charge on any atom is -0.465 e. The number of anilines is 1. The lowest BCUT2D eigenvalue weighted by Crippen LogP contribution is -2.64. The van der Waals surface area contributed by atoms with Crippen LogP contribution in [0.4, 0.5) is 15.0 Å². The van der Waals surface area contributed by atoms with Gasteiger partial charge in [-0.25, -0.2) is 24.1 Å². The van der Waals surface area contributed by atoms with Gasteiger partial charge in [-0.1, -0.05) is 30.3 Å². The Morgan fingerprint density at radius 1 is 1.40 bits per heavy atom. The molecule has 30 heavy (non-hydrogen) atoms. The van der Waals surface area contributed by atoms with Crippen molar-refractivity contribution in [2.75, 3.05) is 17.2 Å². The van der Waals surface area contributed by atoms with Gasteiger partial charge in [0.2, 0.25) is 0 Å². The summed E-state index contributed by atoms with van der Waals surface area (Å²) in [6.45, 7) is 3.90. The highest BCUT2D eigenvalue weighted by Crippen LogP contribution is 2.42. The molecule has 2 aliphatic rings. The van der Waals surface area contributed by atoms with E-state index < -0.39 is 30.1 Å². The fourth-order valence-electron chi connectivity index (χ4n) is 4.56. The first kappa shape index (κ1) is 21.8. The number of carboxylic acid groups (broad SMARTS) is 1. The Kier molecular flexibility index (Phi) is 5.99. The summed E-state index contributed by atoms with van der Waals surface area (Å²) < 4.78 is 15.2. The summed E-state index contributed by atoms with van der Waals surface area (Å²) in [6.07, 6.45) is -0.506. The van der Waals surface area contributed by atoms with Crippen LogP contribution in [0.1, 0.15) is 26.7 Å². The molecule has 8 nitrogen and oxygen atoms in total. The van der Waals surface area contributed by atoms with Gasteiger partial charge in [0.15, 0.2) is 16.1 Å². The summed E-state index contributed by atoms with van der Waals surface area (Å²) in [7, 11) is 0. The van der Waals surface area contributed by atoms with Crippen LogP contribution in [0.2, 0.25) is 5.15 Å². The fraction of sp³-hybridized carbons (Fsp3) is 0.556. The number of nitrogens with zero attached hydrogens (tertiary/aromatic N) is 5. The number of carbonyl (C=O) groups is 1. The van der Waals surface area contributed by atoms with Crippen LogP contribution >= 0.6 is 39.3 Å². The number of hydrogen-bond acceptors (Lipinski definition) is 7. The minimum atomic E-state index is -0.997. The summed E-state index contributed by atoms with van der Waals surface area (Å²) in [5.41, 5.74) is 0.0418. The molecule has 1 amide bonds. The Labute approximate surface area is 190 Å². The molecule has 0 saturated carbocycles. The van der Waals surface area contributed by atoms with E-state index in [2.05, 4.69) is 30.9 Å². The average molecular weight is 521 g/mol. The zero-order chi connectivity index (χ0) is 21.7. The van der Waals surface area contributed by atoms with Crippen LogP contribution in [0.5, 0.6) is 0 Å². The van der Waals surface area contributed by atoms with E-state index in [9.17, 15) is 19.4 Å². The van der Waals surface area contributed by atoms with Crippen LogP contribution in [0.25, 0.3) is 10.9 Å². The lowest BCUT2D eigenvalue weighted by molar-refractivity contribution is 0.0616. The van der Waals surface area contributed by atoms with Crippen molar-refractivity contribution in [2.45, 2.75) is 56.1 Å². The molecule has 162 valence electrons. The molecule has 2 aromatic rings. The van der Waals surface area contributed by atoms with Crippen molar-refractivity contribution in [1.82, 2.24) is 19.9 Å². The second-order valence-corrected chi connectivity index (χ2v) is 9.71. The molecule has 4 heterocycles. The van der Waals surface area contributed by atoms with Crippen LogP contribution in [0.3, 0.4) is 0 Å². The Hall–Kier alpha value is -1.43. The zero-order valence-corrected chi connectivity index (χ0v) is 19.4. The lowest BCUT2D eigenvalue weighted by Gasteiger charge is -2.47. The van der Waals surface area contributed by atoms with E-state index in [4.69, 9.17) is 11.6 Å². The summed E-state index contributed by atoms with van der Waals surface area (Å²) >= 11 is 10.7. The summed E-state index contributed by atoms with van der Waals surface area (Å²) in [5, 5.41) is 20.7. The summed E-state index contributed by atoms with van der Waals surface area (Å²) in [4.78, 5) is 28.2. The molecular formula is C18H20BrClFN5O3S. The first-order valence-corrected chi connectivity index (χ1v) is 11.7. The normalized spacial score (nSPS) is 24.5. The van der Waals surface area contributed by atoms with Crippen LogP contribution in [-0.4, -0.2) is 72.7 Å². The van der Waals surface area contributed by atoms with Gasteiger partial charge in [0.1, 0.15) is 15.9 Å². The first-order valence-electron chi connectivity index (χ1n) is 9.55. The van der Waals surface area contributed by atoms with Crippen LogP contribution < -0.4 is 4.90 Å². The Morgan fingerprint density at radius 3 is 2.77 bits per heavy atom. The third-order valence-corrected chi connectivity index (χ3v) is 7.18. The van der Waals surface area contributed by atoms with Crippen molar-refractivity contribution >= 4 is 62.1 Å². The van der Waals surface area contributed by atoms with Crippen molar-refractivity contribution in [3.05, 3.63) is 15.6 Å².